The molecular weight excluding hydrogens is 427 g/mol. The highest BCUT2D eigenvalue weighted by Crippen LogP contribution is 2.41. The van der Waals surface area contributed by atoms with E-state index in [2.05, 4.69) is 4.99 Å². The number of hydrogen-bond acceptors (Lipinski definition) is 4. The third-order valence-corrected chi connectivity index (χ3v) is 4.64. The molecule has 1 amide bonds. The molecule has 0 bridgehead atoms. The lowest BCUT2D eigenvalue weighted by Gasteiger charge is -2.39. The van der Waals surface area contributed by atoms with Crippen molar-refractivity contribution in [3.63, 3.8) is 0 Å². The van der Waals surface area contributed by atoms with Crippen molar-refractivity contribution in [3.05, 3.63) is 71.0 Å². The van der Waals surface area contributed by atoms with E-state index < -0.39 is 65.8 Å². The van der Waals surface area contributed by atoms with E-state index in [9.17, 15) is 31.5 Å². The lowest BCUT2D eigenvalue weighted by atomic mass is 9.85. The third-order valence-electron chi connectivity index (χ3n) is 4.64. The topological polar surface area (TPSA) is 88.0 Å². The quantitative estimate of drug-likeness (QED) is 0.705. The van der Waals surface area contributed by atoms with Gasteiger partial charge in [-0.05, 0) is 30.3 Å². The number of hydrogen-bond donors (Lipinski definition) is 2. The molecule has 31 heavy (non-hydrogen) atoms. The van der Waals surface area contributed by atoms with Gasteiger partial charge in [-0.25, -0.2) is 18.6 Å². The van der Waals surface area contributed by atoms with E-state index in [1.54, 1.807) is 6.07 Å². The van der Waals surface area contributed by atoms with E-state index in [1.807, 2.05) is 5.32 Å². The average Bonchev–Trinajstić information content (AvgIpc) is 2.73. The molecule has 0 aromatic heterocycles. The Morgan fingerprint density at radius 3 is 2.42 bits per heavy atom. The van der Waals surface area contributed by atoms with Gasteiger partial charge in [0.1, 0.15) is 12.5 Å². The largest absolute Gasteiger partial charge is 0.478 e. The second kappa shape index (κ2) is 8.32. The van der Waals surface area contributed by atoms with E-state index in [0.717, 1.165) is 6.07 Å². The number of carboxylic acid groups (broad SMARTS) is 1. The fourth-order valence-electron chi connectivity index (χ4n) is 3.08. The van der Waals surface area contributed by atoms with Crippen molar-refractivity contribution in [1.29, 1.82) is 0 Å². The molecule has 0 radical (unpaired) electrons. The van der Waals surface area contributed by atoms with E-state index in [0.29, 0.717) is 12.1 Å². The predicted octanol–water partition coefficient (Wildman–Crippen LogP) is 3.83. The van der Waals surface area contributed by atoms with Gasteiger partial charge in [0.25, 0.3) is 11.9 Å². The standard InChI is InChI=1S/C20H15F5N2O4/c21-10-19(13-8-12(17(29)30)6-7-14(13)22)9-15(20(23,24)25)26-18(31-19)27-16(28)11-4-2-1-3-5-11/h1-8,15H,9-10H2,(H,29,30)(H,26,27,28)/t15-,19+/m0/s1. The van der Waals surface area contributed by atoms with E-state index in [-0.39, 0.29) is 5.56 Å². The van der Waals surface area contributed by atoms with Gasteiger partial charge in [0.05, 0.1) is 5.56 Å². The second-order valence-corrected chi connectivity index (χ2v) is 6.75. The zero-order chi connectivity index (χ0) is 22.8. The van der Waals surface area contributed by atoms with Crippen molar-refractivity contribution in [2.45, 2.75) is 24.2 Å². The summed E-state index contributed by atoms with van der Waals surface area (Å²) in [5.74, 6) is -3.54. The van der Waals surface area contributed by atoms with Crippen LogP contribution in [-0.4, -0.2) is 41.9 Å². The van der Waals surface area contributed by atoms with Crippen LogP contribution in [0.25, 0.3) is 0 Å². The lowest BCUT2D eigenvalue weighted by molar-refractivity contribution is -0.167. The third kappa shape index (κ3) is 4.65. The molecule has 2 aromatic carbocycles. The SMILES string of the molecule is O=C(O)c1ccc(F)c([C@]2(CF)C[C@@H](C(F)(F)F)N=C(NC(=O)c3ccccc3)O2)c1. The highest BCUT2D eigenvalue weighted by atomic mass is 19.4. The maximum Gasteiger partial charge on any atom is 0.411 e. The zero-order valence-electron chi connectivity index (χ0n) is 15.6. The van der Waals surface area contributed by atoms with Crippen LogP contribution < -0.4 is 5.32 Å². The number of halogens is 5. The Labute approximate surface area is 172 Å². The molecule has 3 rings (SSSR count). The zero-order valence-corrected chi connectivity index (χ0v) is 15.6. The van der Waals surface area contributed by atoms with Gasteiger partial charge in [0.2, 0.25) is 0 Å². The Kier molecular flexibility index (Phi) is 5.96. The van der Waals surface area contributed by atoms with Crippen LogP contribution in [0.15, 0.2) is 53.5 Å². The average molecular weight is 442 g/mol. The summed E-state index contributed by atoms with van der Waals surface area (Å²) in [4.78, 5) is 26.8. The van der Waals surface area contributed by atoms with Crippen molar-refractivity contribution in [3.8, 4) is 0 Å². The molecule has 0 fully saturated rings. The van der Waals surface area contributed by atoms with Crippen LogP contribution in [0.2, 0.25) is 0 Å². The minimum atomic E-state index is -4.96. The normalized spacial score (nSPS) is 21.1. The molecule has 2 N–H and O–H groups in total. The number of aliphatic imine (C=N–C) groups is 1. The summed E-state index contributed by atoms with van der Waals surface area (Å²) in [7, 11) is 0. The monoisotopic (exact) mass is 442 g/mol. The van der Waals surface area contributed by atoms with E-state index in [1.165, 1.54) is 24.3 Å². The molecule has 11 heteroatoms. The van der Waals surface area contributed by atoms with Gasteiger partial charge >= 0.3 is 12.1 Å². The van der Waals surface area contributed by atoms with E-state index in [4.69, 9.17) is 9.84 Å². The number of ether oxygens (including phenoxy) is 1. The summed E-state index contributed by atoms with van der Waals surface area (Å²) in [6, 6.07) is 6.15. The van der Waals surface area contributed by atoms with Gasteiger partial charge in [-0.15, -0.1) is 0 Å². The van der Waals surface area contributed by atoms with Crippen LogP contribution in [0.3, 0.4) is 0 Å². The molecule has 0 saturated heterocycles. The molecule has 0 saturated carbocycles. The van der Waals surface area contributed by atoms with Crippen molar-refractivity contribution < 1.29 is 41.4 Å². The maximum absolute atomic E-state index is 14.5. The fraction of sp³-hybridized carbons (Fsp3) is 0.250. The molecule has 0 unspecified atom stereocenters. The number of nitrogens with one attached hydrogen (secondary N) is 1. The van der Waals surface area contributed by atoms with E-state index >= 15 is 0 Å². The molecule has 1 aliphatic heterocycles. The van der Waals surface area contributed by atoms with Crippen molar-refractivity contribution in [2.75, 3.05) is 6.67 Å². The molecule has 1 aliphatic rings. The number of amides is 1. The molecule has 0 aliphatic carbocycles. The van der Waals surface area contributed by atoms with Gasteiger partial charge in [-0.3, -0.25) is 10.1 Å². The molecule has 0 spiro atoms. The first-order valence-corrected chi connectivity index (χ1v) is 8.85. The maximum atomic E-state index is 14.5. The smallest absolute Gasteiger partial charge is 0.411 e. The van der Waals surface area contributed by atoms with Crippen molar-refractivity contribution in [1.82, 2.24) is 5.32 Å². The summed E-state index contributed by atoms with van der Waals surface area (Å²) < 4.78 is 74.4. The highest BCUT2D eigenvalue weighted by molar-refractivity contribution is 6.04. The highest BCUT2D eigenvalue weighted by Gasteiger charge is 2.52. The number of rotatable bonds is 4. The van der Waals surface area contributed by atoms with Crippen LogP contribution in [0.1, 0.15) is 32.7 Å². The number of aromatic carboxylic acids is 1. The van der Waals surface area contributed by atoms with Gasteiger partial charge in [-0.1, -0.05) is 18.2 Å². The lowest BCUT2D eigenvalue weighted by Crippen LogP contribution is -2.51. The first-order valence-electron chi connectivity index (χ1n) is 8.85. The van der Waals surface area contributed by atoms with Gasteiger partial charge in [0, 0.05) is 17.5 Å². The van der Waals surface area contributed by atoms with Crippen LogP contribution >= 0.6 is 0 Å². The number of carbonyl (C=O) groups is 2. The Bertz CT molecular complexity index is 1030. The summed E-state index contributed by atoms with van der Waals surface area (Å²) in [5.41, 5.74) is -3.70. The number of alkyl halides is 4. The Morgan fingerprint density at radius 1 is 1.16 bits per heavy atom. The van der Waals surface area contributed by atoms with Crippen molar-refractivity contribution in [2.24, 2.45) is 4.99 Å². The number of amidine groups is 1. The van der Waals surface area contributed by atoms with Gasteiger partial charge < -0.3 is 9.84 Å². The molecule has 1 heterocycles. The van der Waals surface area contributed by atoms with Gasteiger partial charge in [-0.2, -0.15) is 13.2 Å². The Hall–Kier alpha value is -3.50. The summed E-state index contributed by atoms with van der Waals surface area (Å²) >= 11 is 0. The molecular formula is C20H15F5N2O4. The number of nitrogens with zero attached hydrogens (tertiary/aromatic N) is 1. The first kappa shape index (κ1) is 22.2. The van der Waals surface area contributed by atoms with Gasteiger partial charge in [0.15, 0.2) is 11.6 Å². The van der Waals surface area contributed by atoms with Crippen LogP contribution in [0, 0.1) is 5.82 Å². The molecule has 164 valence electrons. The summed E-state index contributed by atoms with van der Waals surface area (Å²) in [5, 5.41) is 11.2. The molecule has 6 nitrogen and oxygen atoms in total. The Morgan fingerprint density at radius 2 is 1.84 bits per heavy atom. The number of benzene rings is 2. The molecule has 2 aromatic rings. The predicted molar refractivity (Wildman–Crippen MR) is 97.9 cm³/mol. The first-order chi connectivity index (χ1) is 14.6. The van der Waals surface area contributed by atoms with Crippen LogP contribution in [-0.2, 0) is 10.3 Å². The van der Waals surface area contributed by atoms with Crippen LogP contribution in [0.4, 0.5) is 22.0 Å². The van der Waals surface area contributed by atoms with Crippen molar-refractivity contribution >= 4 is 17.9 Å². The minimum absolute atomic E-state index is 0.0628. The number of carboxylic acids is 1. The van der Waals surface area contributed by atoms with Crippen LogP contribution in [0.5, 0.6) is 0 Å². The Balaban J connectivity index is 2.04. The number of carbonyl (C=O) groups excluding carboxylic acids is 1. The fourth-order valence-corrected chi connectivity index (χ4v) is 3.08. The summed E-state index contributed by atoms with van der Waals surface area (Å²) in [6.45, 7) is -1.64. The second-order valence-electron chi connectivity index (χ2n) is 6.75. The summed E-state index contributed by atoms with van der Waals surface area (Å²) in [6.07, 6.45) is -6.12. The minimum Gasteiger partial charge on any atom is -0.478 e. The molecule has 2 atom stereocenters.